The predicted molar refractivity (Wildman–Crippen MR) is 84.0 cm³/mol. The first-order valence-corrected chi connectivity index (χ1v) is 7.37. The van der Waals surface area contributed by atoms with Gasteiger partial charge in [0.1, 0.15) is 11.5 Å². The van der Waals surface area contributed by atoms with Crippen molar-refractivity contribution in [2.75, 3.05) is 13.7 Å². The number of hydrogen-bond acceptors (Lipinski definition) is 3. The molecule has 2 atom stereocenters. The quantitative estimate of drug-likeness (QED) is 0.883. The van der Waals surface area contributed by atoms with Crippen LogP contribution in [-0.2, 0) is 6.42 Å². The van der Waals surface area contributed by atoms with Crippen molar-refractivity contribution in [2.24, 2.45) is 0 Å². The molecule has 3 rings (SSSR count). The van der Waals surface area contributed by atoms with E-state index < -0.39 is 0 Å². The average Bonchev–Trinajstić information content (AvgIpc) is 2.48. The van der Waals surface area contributed by atoms with E-state index in [4.69, 9.17) is 4.74 Å². The second kappa shape index (κ2) is 5.78. The zero-order valence-electron chi connectivity index (χ0n) is 12.5. The number of phenolic OH excluding ortho intramolecular Hbond substituents is 1. The van der Waals surface area contributed by atoms with Crippen LogP contribution >= 0.6 is 0 Å². The molecule has 3 nitrogen and oxygen atoms in total. The highest BCUT2D eigenvalue weighted by Gasteiger charge is 2.25. The van der Waals surface area contributed by atoms with Crippen LogP contribution in [0.5, 0.6) is 11.5 Å². The standard InChI is InChI=1S/C18H21NO2/c1-12(17-10-15(21-2)7-8-18(17)20)19-11-14-9-13-5-3-4-6-16(13)14/h3-8,10,12,14,19-20H,9,11H2,1-2H3. The minimum atomic E-state index is 0.0906. The van der Waals surface area contributed by atoms with Crippen molar-refractivity contribution in [1.29, 1.82) is 0 Å². The number of fused-ring (bicyclic) bond motifs is 1. The van der Waals surface area contributed by atoms with E-state index in [9.17, 15) is 5.11 Å². The number of methoxy groups -OCH3 is 1. The van der Waals surface area contributed by atoms with Crippen LogP contribution in [0.3, 0.4) is 0 Å². The molecule has 110 valence electrons. The summed E-state index contributed by atoms with van der Waals surface area (Å²) in [4.78, 5) is 0. The van der Waals surface area contributed by atoms with Crippen LogP contribution in [-0.4, -0.2) is 18.8 Å². The molecule has 0 bridgehead atoms. The third-order valence-corrected chi connectivity index (χ3v) is 4.33. The Hall–Kier alpha value is -2.00. The first-order valence-electron chi connectivity index (χ1n) is 7.37. The summed E-state index contributed by atoms with van der Waals surface area (Å²) in [5, 5.41) is 13.5. The lowest BCUT2D eigenvalue weighted by molar-refractivity contribution is 0.406. The molecule has 0 amide bonds. The highest BCUT2D eigenvalue weighted by atomic mass is 16.5. The van der Waals surface area contributed by atoms with Crippen LogP contribution in [0.4, 0.5) is 0 Å². The second-order valence-corrected chi connectivity index (χ2v) is 5.65. The average molecular weight is 283 g/mol. The summed E-state index contributed by atoms with van der Waals surface area (Å²) < 4.78 is 5.23. The summed E-state index contributed by atoms with van der Waals surface area (Å²) in [5.74, 6) is 1.66. The SMILES string of the molecule is COc1ccc(O)c(C(C)NCC2Cc3ccccc32)c1. The molecule has 0 aliphatic heterocycles. The van der Waals surface area contributed by atoms with Gasteiger partial charge in [0.05, 0.1) is 7.11 Å². The molecule has 0 aromatic heterocycles. The predicted octanol–water partition coefficient (Wildman–Crippen LogP) is 3.39. The zero-order valence-corrected chi connectivity index (χ0v) is 12.5. The minimum Gasteiger partial charge on any atom is -0.508 e. The molecule has 0 fully saturated rings. The fourth-order valence-electron chi connectivity index (χ4n) is 2.98. The summed E-state index contributed by atoms with van der Waals surface area (Å²) in [7, 11) is 1.64. The molecule has 3 heteroatoms. The van der Waals surface area contributed by atoms with Crippen molar-refractivity contribution < 1.29 is 9.84 Å². The monoisotopic (exact) mass is 283 g/mol. The lowest BCUT2D eigenvalue weighted by Gasteiger charge is -2.31. The molecule has 0 spiro atoms. The van der Waals surface area contributed by atoms with Gasteiger partial charge < -0.3 is 15.2 Å². The van der Waals surface area contributed by atoms with E-state index in [0.717, 1.165) is 24.3 Å². The van der Waals surface area contributed by atoms with Gasteiger partial charge in [-0.05, 0) is 42.7 Å². The molecule has 21 heavy (non-hydrogen) atoms. The minimum absolute atomic E-state index is 0.0906. The maximum Gasteiger partial charge on any atom is 0.120 e. The van der Waals surface area contributed by atoms with Gasteiger partial charge in [-0.1, -0.05) is 24.3 Å². The van der Waals surface area contributed by atoms with Crippen LogP contribution in [0.25, 0.3) is 0 Å². The topological polar surface area (TPSA) is 41.5 Å². The van der Waals surface area contributed by atoms with Gasteiger partial charge in [0, 0.05) is 24.1 Å². The lowest BCUT2D eigenvalue weighted by atomic mass is 9.77. The Bertz CT molecular complexity index is 639. The Morgan fingerprint density at radius 1 is 1.29 bits per heavy atom. The number of phenols is 1. The molecule has 0 saturated heterocycles. The van der Waals surface area contributed by atoms with Gasteiger partial charge in [0.25, 0.3) is 0 Å². The smallest absolute Gasteiger partial charge is 0.120 e. The summed E-state index contributed by atoms with van der Waals surface area (Å²) in [6, 6.07) is 14.0. The largest absolute Gasteiger partial charge is 0.508 e. The molecular formula is C18H21NO2. The Kier molecular flexibility index (Phi) is 3.84. The number of aromatic hydroxyl groups is 1. The van der Waals surface area contributed by atoms with E-state index in [0.29, 0.717) is 11.7 Å². The maximum atomic E-state index is 10.00. The molecule has 0 radical (unpaired) electrons. The van der Waals surface area contributed by atoms with Gasteiger partial charge in [-0.3, -0.25) is 0 Å². The fourth-order valence-corrected chi connectivity index (χ4v) is 2.98. The highest BCUT2D eigenvalue weighted by Crippen LogP contribution is 2.35. The maximum absolute atomic E-state index is 10.00. The normalized spacial score (nSPS) is 17.7. The van der Waals surface area contributed by atoms with E-state index >= 15 is 0 Å². The Labute approximate surface area is 125 Å². The molecule has 0 saturated carbocycles. The van der Waals surface area contributed by atoms with E-state index in [2.05, 4.69) is 36.5 Å². The van der Waals surface area contributed by atoms with Gasteiger partial charge in [0.2, 0.25) is 0 Å². The van der Waals surface area contributed by atoms with Crippen molar-refractivity contribution in [3.63, 3.8) is 0 Å². The summed E-state index contributed by atoms with van der Waals surface area (Å²) in [6.45, 7) is 2.99. The molecule has 1 aliphatic carbocycles. The second-order valence-electron chi connectivity index (χ2n) is 5.65. The lowest BCUT2D eigenvalue weighted by Crippen LogP contribution is -2.30. The van der Waals surface area contributed by atoms with Crippen molar-refractivity contribution in [2.45, 2.75) is 25.3 Å². The Morgan fingerprint density at radius 2 is 2.10 bits per heavy atom. The van der Waals surface area contributed by atoms with Crippen LogP contribution in [0.15, 0.2) is 42.5 Å². The third-order valence-electron chi connectivity index (χ3n) is 4.33. The highest BCUT2D eigenvalue weighted by molar-refractivity contribution is 5.42. The number of nitrogens with one attached hydrogen (secondary N) is 1. The van der Waals surface area contributed by atoms with Gasteiger partial charge in [0.15, 0.2) is 0 Å². The van der Waals surface area contributed by atoms with Crippen molar-refractivity contribution in [3.05, 3.63) is 59.2 Å². The third kappa shape index (κ3) is 2.74. The van der Waals surface area contributed by atoms with E-state index in [-0.39, 0.29) is 6.04 Å². The fraction of sp³-hybridized carbons (Fsp3) is 0.333. The van der Waals surface area contributed by atoms with Gasteiger partial charge >= 0.3 is 0 Å². The van der Waals surface area contributed by atoms with Crippen molar-refractivity contribution in [3.8, 4) is 11.5 Å². The number of ether oxygens (including phenoxy) is 1. The Morgan fingerprint density at radius 3 is 2.86 bits per heavy atom. The first-order chi connectivity index (χ1) is 10.2. The van der Waals surface area contributed by atoms with Crippen LogP contribution in [0, 0.1) is 0 Å². The summed E-state index contributed by atoms with van der Waals surface area (Å²) in [6.07, 6.45) is 1.14. The number of benzene rings is 2. The van der Waals surface area contributed by atoms with Crippen LogP contribution in [0.1, 0.15) is 35.6 Å². The van der Waals surface area contributed by atoms with Crippen molar-refractivity contribution >= 4 is 0 Å². The van der Waals surface area contributed by atoms with Crippen LogP contribution < -0.4 is 10.1 Å². The first kappa shape index (κ1) is 14.0. The molecular weight excluding hydrogens is 262 g/mol. The molecule has 1 aliphatic rings. The van der Waals surface area contributed by atoms with E-state index in [1.807, 2.05) is 6.07 Å². The van der Waals surface area contributed by atoms with Gasteiger partial charge in [-0.25, -0.2) is 0 Å². The Balaban J connectivity index is 1.64. The summed E-state index contributed by atoms with van der Waals surface area (Å²) >= 11 is 0. The van der Waals surface area contributed by atoms with Gasteiger partial charge in [-0.2, -0.15) is 0 Å². The number of rotatable bonds is 5. The van der Waals surface area contributed by atoms with Crippen molar-refractivity contribution in [1.82, 2.24) is 5.32 Å². The van der Waals surface area contributed by atoms with E-state index in [1.165, 1.54) is 11.1 Å². The van der Waals surface area contributed by atoms with E-state index in [1.54, 1.807) is 19.2 Å². The molecule has 2 aromatic rings. The molecule has 0 heterocycles. The number of hydrogen-bond donors (Lipinski definition) is 2. The van der Waals surface area contributed by atoms with Gasteiger partial charge in [-0.15, -0.1) is 0 Å². The molecule has 2 aromatic carbocycles. The van der Waals surface area contributed by atoms with Crippen LogP contribution in [0.2, 0.25) is 0 Å². The molecule has 2 N–H and O–H groups in total. The zero-order chi connectivity index (χ0) is 14.8. The summed E-state index contributed by atoms with van der Waals surface area (Å²) in [5.41, 5.74) is 3.79. The molecule has 2 unspecified atom stereocenters.